The molecule has 7 aliphatic rings. The van der Waals surface area contributed by atoms with E-state index in [0.29, 0.717) is 50.0 Å². The summed E-state index contributed by atoms with van der Waals surface area (Å²) in [5.41, 5.74) is -1.05. The van der Waals surface area contributed by atoms with Gasteiger partial charge in [-0.25, -0.2) is 4.79 Å². The molecule has 1 spiro atoms. The van der Waals surface area contributed by atoms with Gasteiger partial charge < -0.3 is 62.7 Å². The molecule has 0 aromatic rings. The molecule has 20 atom stereocenters. The van der Waals surface area contributed by atoms with E-state index in [9.17, 15) is 24.9 Å². The summed E-state index contributed by atoms with van der Waals surface area (Å²) in [6.45, 7) is 15.9. The topological polar surface area (TPSA) is 187 Å². The standard InChI is InChI=1S/C48H72O15/c1-11-24(2)42-27(5)17-18-47(63-42)23-32-20-31(62-47)16-15-26(4)41(59-38-22-36(55-10)43(30(8)57-38)60-37-21-35(54-9)40(50)29(7)56-37)25(3)13-12-14-33-45(51)61-44-39(49)28(6)19-34(46(52)58-32)48(33,44)53/h12-15,19,24-25,27,29-32,34-44,49-50,53H,11,16-18,20-23H2,1-10H3/t24-,25-,27-,29-,30-,31+,32-,34-,35-,36-,37-,38-,39+,40-,41-,42+,43-,44+,47+,48+/m0/s1. The fourth-order valence-electron chi connectivity index (χ4n) is 10.9. The summed E-state index contributed by atoms with van der Waals surface area (Å²) in [6.07, 6.45) is 4.12. The van der Waals surface area contributed by atoms with Crippen LogP contribution in [-0.4, -0.2) is 139 Å². The summed E-state index contributed by atoms with van der Waals surface area (Å²) in [5.74, 6) is -3.57. The lowest BCUT2D eigenvalue weighted by molar-refractivity contribution is -0.340. The molecule has 6 aliphatic heterocycles. The summed E-state index contributed by atoms with van der Waals surface area (Å²) in [7, 11) is 3.19. The van der Waals surface area contributed by atoms with Crippen LogP contribution in [0.5, 0.6) is 0 Å². The second kappa shape index (κ2) is 19.7. The van der Waals surface area contributed by atoms with E-state index < -0.39 is 109 Å². The van der Waals surface area contributed by atoms with E-state index in [4.69, 9.17) is 47.4 Å². The van der Waals surface area contributed by atoms with Crippen LogP contribution in [0.25, 0.3) is 0 Å². The normalized spacial score (nSPS) is 46.6. The molecule has 7 rings (SSSR count). The van der Waals surface area contributed by atoms with Gasteiger partial charge in [0.15, 0.2) is 30.1 Å². The van der Waals surface area contributed by atoms with Crippen molar-refractivity contribution in [3.8, 4) is 0 Å². The molecule has 0 unspecified atom stereocenters. The van der Waals surface area contributed by atoms with Crippen LogP contribution in [0.1, 0.15) is 107 Å². The Labute approximate surface area is 372 Å². The highest BCUT2D eigenvalue weighted by atomic mass is 16.7. The van der Waals surface area contributed by atoms with Crippen molar-refractivity contribution in [1.82, 2.24) is 0 Å². The van der Waals surface area contributed by atoms with Gasteiger partial charge in [-0.1, -0.05) is 58.4 Å². The second-order valence-electron chi connectivity index (χ2n) is 19.3. The molecule has 5 saturated heterocycles. The number of fused-ring (bicyclic) bond motifs is 2. The summed E-state index contributed by atoms with van der Waals surface area (Å²) < 4.78 is 63.2. The van der Waals surface area contributed by atoms with E-state index >= 15 is 0 Å². The smallest absolute Gasteiger partial charge is 0.337 e. The summed E-state index contributed by atoms with van der Waals surface area (Å²) >= 11 is 0. The Morgan fingerprint density at radius 1 is 0.889 bits per heavy atom. The largest absolute Gasteiger partial charge is 0.462 e. The molecule has 0 saturated carbocycles. The van der Waals surface area contributed by atoms with Gasteiger partial charge in [0.1, 0.15) is 30.3 Å². The molecule has 0 radical (unpaired) electrons. The van der Waals surface area contributed by atoms with Gasteiger partial charge in [0.2, 0.25) is 0 Å². The number of aliphatic hydroxyl groups is 3. The minimum absolute atomic E-state index is 0.0478. The first-order chi connectivity index (χ1) is 29.9. The van der Waals surface area contributed by atoms with Crippen LogP contribution in [0.2, 0.25) is 0 Å². The van der Waals surface area contributed by atoms with E-state index in [1.165, 1.54) is 12.2 Å². The fourth-order valence-corrected chi connectivity index (χ4v) is 10.9. The third-order valence-corrected chi connectivity index (χ3v) is 14.8. The van der Waals surface area contributed by atoms with Crippen molar-refractivity contribution in [3.63, 3.8) is 0 Å². The van der Waals surface area contributed by atoms with E-state index in [0.717, 1.165) is 18.4 Å². The first-order valence-electron chi connectivity index (χ1n) is 23.2. The Kier molecular flexibility index (Phi) is 15.2. The Morgan fingerprint density at radius 2 is 1.59 bits per heavy atom. The van der Waals surface area contributed by atoms with E-state index in [-0.39, 0.29) is 23.5 Å². The Bertz CT molecular complexity index is 1760. The lowest BCUT2D eigenvalue weighted by Gasteiger charge is -2.51. The number of esters is 2. The van der Waals surface area contributed by atoms with Crippen LogP contribution in [0.15, 0.2) is 47.1 Å². The average molecular weight is 889 g/mol. The lowest BCUT2D eigenvalue weighted by Crippen LogP contribution is -2.58. The minimum atomic E-state index is -2.20. The van der Waals surface area contributed by atoms with Crippen molar-refractivity contribution in [2.75, 3.05) is 14.2 Å². The van der Waals surface area contributed by atoms with E-state index in [1.807, 2.05) is 26.8 Å². The first kappa shape index (κ1) is 48.4. The van der Waals surface area contributed by atoms with Crippen LogP contribution in [0.3, 0.4) is 0 Å². The first-order valence-corrected chi connectivity index (χ1v) is 23.2. The summed E-state index contributed by atoms with van der Waals surface area (Å²) in [5, 5.41) is 34.2. The van der Waals surface area contributed by atoms with Gasteiger partial charge in [0, 0.05) is 52.2 Å². The van der Waals surface area contributed by atoms with Gasteiger partial charge in [-0.05, 0) is 69.6 Å². The molecule has 2 bridgehead atoms. The number of ether oxygens (including phenoxy) is 10. The lowest BCUT2D eigenvalue weighted by atomic mass is 9.70. The number of hydrogen-bond acceptors (Lipinski definition) is 15. The third-order valence-electron chi connectivity index (χ3n) is 14.8. The second-order valence-corrected chi connectivity index (χ2v) is 19.3. The van der Waals surface area contributed by atoms with Gasteiger partial charge in [0.05, 0.1) is 48.3 Å². The van der Waals surface area contributed by atoms with E-state index in [2.05, 4.69) is 26.8 Å². The van der Waals surface area contributed by atoms with Crippen molar-refractivity contribution >= 4 is 11.9 Å². The SMILES string of the molecule is CC[C@H](C)[C@H]1O[C@]2(CC[C@@H]1C)C[C@@H]1C[C@@H](CC=C(C)[C@@H](O[C@H]3C[C@H](OC)[C@@H](O[C@H]4C[C@H](OC)[C@@H](O)[C@H](C)O4)[C@H](C)O3)[C@@H](C)C=CC=C3C(=O)O[C@@H]4[C@H](O)C(C)=C[C@@H](C(=O)O1)[C@]34O)O2. The molecule has 63 heavy (non-hydrogen) atoms. The van der Waals surface area contributed by atoms with Crippen LogP contribution < -0.4 is 0 Å². The molecule has 0 amide bonds. The molecule has 0 aromatic heterocycles. The van der Waals surface area contributed by atoms with Crippen molar-refractivity contribution in [1.29, 1.82) is 0 Å². The Hall–Kier alpha value is -2.54. The van der Waals surface area contributed by atoms with Crippen molar-refractivity contribution in [2.24, 2.45) is 23.7 Å². The highest BCUT2D eigenvalue weighted by Crippen LogP contribution is 2.48. The predicted octanol–water partition coefficient (Wildman–Crippen LogP) is 5.13. The number of rotatable bonds is 8. The van der Waals surface area contributed by atoms with Gasteiger partial charge in [-0.2, -0.15) is 0 Å². The third kappa shape index (κ3) is 9.81. The van der Waals surface area contributed by atoms with E-state index in [1.54, 1.807) is 34.1 Å². The molecule has 1 aliphatic carbocycles. The van der Waals surface area contributed by atoms with Crippen molar-refractivity contribution < 1.29 is 72.3 Å². The Balaban J connectivity index is 1.19. The summed E-state index contributed by atoms with van der Waals surface area (Å²) in [6, 6.07) is 0. The molecular weight excluding hydrogens is 817 g/mol. The number of allylic oxidation sites excluding steroid dienone is 2. The maximum atomic E-state index is 14.4. The highest BCUT2D eigenvalue weighted by molar-refractivity contribution is 5.97. The van der Waals surface area contributed by atoms with Crippen molar-refractivity contribution in [2.45, 2.75) is 204 Å². The molecule has 3 N–H and O–H groups in total. The summed E-state index contributed by atoms with van der Waals surface area (Å²) in [4.78, 5) is 27.9. The monoisotopic (exact) mass is 888 g/mol. The maximum absolute atomic E-state index is 14.4. The zero-order chi connectivity index (χ0) is 45.5. The molecule has 15 heteroatoms. The van der Waals surface area contributed by atoms with Gasteiger partial charge in [-0.15, -0.1) is 0 Å². The van der Waals surface area contributed by atoms with Crippen LogP contribution in [0.4, 0.5) is 0 Å². The van der Waals surface area contributed by atoms with Crippen LogP contribution >= 0.6 is 0 Å². The quantitative estimate of drug-likeness (QED) is 0.215. The van der Waals surface area contributed by atoms with Crippen LogP contribution in [0, 0.1) is 23.7 Å². The molecule has 6 heterocycles. The zero-order valence-corrected chi connectivity index (χ0v) is 38.7. The van der Waals surface area contributed by atoms with Crippen molar-refractivity contribution in [3.05, 3.63) is 47.1 Å². The molecule has 5 fully saturated rings. The molecule has 0 aromatic carbocycles. The van der Waals surface area contributed by atoms with Gasteiger partial charge >= 0.3 is 11.9 Å². The number of aliphatic hydroxyl groups excluding tert-OH is 2. The molecular formula is C48H72O15. The highest BCUT2D eigenvalue weighted by Gasteiger charge is 2.64. The number of methoxy groups -OCH3 is 2. The van der Waals surface area contributed by atoms with Gasteiger partial charge in [0.25, 0.3) is 0 Å². The maximum Gasteiger partial charge on any atom is 0.337 e. The predicted molar refractivity (Wildman–Crippen MR) is 228 cm³/mol. The fraction of sp³-hybridized carbons (Fsp3) is 0.792. The number of carbonyl (C=O) groups excluding carboxylic acids is 2. The zero-order valence-electron chi connectivity index (χ0n) is 38.7. The number of hydrogen-bond donors (Lipinski definition) is 3. The minimum Gasteiger partial charge on any atom is -0.462 e. The Morgan fingerprint density at radius 3 is 2.30 bits per heavy atom. The molecule has 354 valence electrons. The van der Waals surface area contributed by atoms with Crippen LogP contribution in [-0.2, 0) is 57.0 Å². The molecule has 15 nitrogen and oxygen atoms in total. The van der Waals surface area contributed by atoms with Gasteiger partial charge in [-0.3, -0.25) is 4.79 Å². The average Bonchev–Trinajstić information content (AvgIpc) is 3.51. The number of carbonyl (C=O) groups is 2.